The van der Waals surface area contributed by atoms with Crippen LogP contribution in [0.4, 0.5) is 0 Å². The van der Waals surface area contributed by atoms with E-state index in [1.807, 2.05) is 0 Å². The first-order chi connectivity index (χ1) is 25.8. The smallest absolute Gasteiger partial charge is 0.0547 e. The number of hydrogen-bond donors (Lipinski definition) is 0. The summed E-state index contributed by atoms with van der Waals surface area (Å²) in [5, 5.41) is 10.2. The maximum Gasteiger partial charge on any atom is 0.0547 e. The van der Waals surface area contributed by atoms with Crippen molar-refractivity contribution in [1.29, 1.82) is 0 Å². The molecular weight excluding hydrogens is 629 g/mol. The van der Waals surface area contributed by atoms with Crippen LogP contribution in [0.3, 0.4) is 0 Å². The average molecular weight is 661 g/mol. The molecule has 2 aromatic heterocycles. The van der Waals surface area contributed by atoms with Crippen molar-refractivity contribution in [3.63, 3.8) is 0 Å². The fraction of sp³-hybridized carbons (Fsp3) is 0. The molecule has 0 fully saturated rings. The van der Waals surface area contributed by atoms with Crippen molar-refractivity contribution >= 4 is 65.2 Å². The fourth-order valence-corrected chi connectivity index (χ4v) is 8.52. The summed E-state index contributed by atoms with van der Waals surface area (Å²) < 4.78 is 4.76. The Kier molecular flexibility index (Phi) is 6.28. The molecule has 2 nitrogen and oxygen atoms in total. The van der Waals surface area contributed by atoms with Gasteiger partial charge in [-0.05, 0) is 111 Å². The molecule has 2 heterocycles. The minimum atomic E-state index is 1.18. The standard InChI is InChI=1S/C50H32N2/c1-3-13-38(14-4-1)51-46-20-9-7-17-41(46)45-30-35(26-28-48(45)51)33-22-24-34(25-23-33)40-19-11-12-36-32-44-37(31-43(36)40)27-29-49-50(44)42-18-8-10-21-47(42)52(49)39-15-5-2-6-16-39/h1-32H. The summed E-state index contributed by atoms with van der Waals surface area (Å²) in [6, 6.07) is 70.9. The number of hydrogen-bond acceptors (Lipinski definition) is 0. The van der Waals surface area contributed by atoms with Crippen LogP contribution >= 0.6 is 0 Å². The number of para-hydroxylation sites is 4. The normalized spacial score (nSPS) is 11.8. The Bertz CT molecular complexity index is 3150. The highest BCUT2D eigenvalue weighted by Crippen LogP contribution is 2.41. The maximum absolute atomic E-state index is 2.40. The van der Waals surface area contributed by atoms with Gasteiger partial charge in [-0.3, -0.25) is 0 Å². The van der Waals surface area contributed by atoms with Crippen molar-refractivity contribution < 1.29 is 0 Å². The third-order valence-corrected chi connectivity index (χ3v) is 10.9. The van der Waals surface area contributed by atoms with Crippen molar-refractivity contribution in [3.05, 3.63) is 194 Å². The highest BCUT2D eigenvalue weighted by molar-refractivity contribution is 6.23. The van der Waals surface area contributed by atoms with E-state index in [0.717, 1.165) is 0 Å². The fourth-order valence-electron chi connectivity index (χ4n) is 8.52. The molecule has 52 heavy (non-hydrogen) atoms. The van der Waals surface area contributed by atoms with Crippen LogP contribution in [0.2, 0.25) is 0 Å². The molecule has 0 amide bonds. The van der Waals surface area contributed by atoms with Crippen molar-refractivity contribution in [3.8, 4) is 33.6 Å². The Balaban J connectivity index is 1.02. The predicted octanol–water partition coefficient (Wildman–Crippen LogP) is 13.5. The zero-order valence-corrected chi connectivity index (χ0v) is 28.4. The van der Waals surface area contributed by atoms with Gasteiger partial charge in [-0.2, -0.15) is 0 Å². The predicted molar refractivity (Wildman–Crippen MR) is 221 cm³/mol. The first kappa shape index (κ1) is 28.9. The third-order valence-electron chi connectivity index (χ3n) is 10.9. The van der Waals surface area contributed by atoms with Gasteiger partial charge in [0.2, 0.25) is 0 Å². The van der Waals surface area contributed by atoms with Crippen LogP contribution in [0.15, 0.2) is 194 Å². The van der Waals surface area contributed by atoms with Crippen molar-refractivity contribution in [2.75, 3.05) is 0 Å². The SMILES string of the molecule is c1ccc(-n2c3ccccc3c3cc(-c4ccc(-c5cccc6cc7c(ccc8c7c7ccccc7n8-c7ccccc7)cc56)cc4)ccc32)cc1. The second-order valence-corrected chi connectivity index (χ2v) is 13.7. The highest BCUT2D eigenvalue weighted by Gasteiger charge is 2.17. The Hall–Kier alpha value is -6.90. The van der Waals surface area contributed by atoms with E-state index in [-0.39, 0.29) is 0 Å². The Morgan fingerprint density at radius 1 is 0.269 bits per heavy atom. The van der Waals surface area contributed by atoms with Crippen molar-refractivity contribution in [2.24, 2.45) is 0 Å². The summed E-state index contributed by atoms with van der Waals surface area (Å²) >= 11 is 0. The lowest BCUT2D eigenvalue weighted by Gasteiger charge is -2.12. The number of fused-ring (bicyclic) bond motifs is 9. The molecule has 11 rings (SSSR count). The molecule has 0 N–H and O–H groups in total. The Morgan fingerprint density at radius 2 is 0.808 bits per heavy atom. The molecule has 0 atom stereocenters. The van der Waals surface area contributed by atoms with Gasteiger partial charge in [0.25, 0.3) is 0 Å². The van der Waals surface area contributed by atoms with Crippen molar-refractivity contribution in [2.45, 2.75) is 0 Å². The van der Waals surface area contributed by atoms with E-state index < -0.39 is 0 Å². The summed E-state index contributed by atoms with van der Waals surface area (Å²) in [6.07, 6.45) is 0. The second-order valence-electron chi connectivity index (χ2n) is 13.7. The quantitative estimate of drug-likeness (QED) is 0.166. The van der Waals surface area contributed by atoms with E-state index in [9.17, 15) is 0 Å². The number of nitrogens with zero attached hydrogens (tertiary/aromatic N) is 2. The summed E-state index contributed by atoms with van der Waals surface area (Å²) in [6.45, 7) is 0. The summed E-state index contributed by atoms with van der Waals surface area (Å²) in [5.41, 5.74) is 12.2. The number of rotatable bonds is 4. The first-order valence-electron chi connectivity index (χ1n) is 17.9. The molecule has 0 aliphatic heterocycles. The lowest BCUT2D eigenvalue weighted by Crippen LogP contribution is -1.92. The summed E-state index contributed by atoms with van der Waals surface area (Å²) in [5.74, 6) is 0. The van der Waals surface area contributed by atoms with Gasteiger partial charge < -0.3 is 9.13 Å². The largest absolute Gasteiger partial charge is 0.309 e. The molecule has 0 saturated heterocycles. The zero-order chi connectivity index (χ0) is 34.2. The van der Waals surface area contributed by atoms with E-state index in [1.54, 1.807) is 0 Å². The van der Waals surface area contributed by atoms with E-state index in [4.69, 9.17) is 0 Å². The monoisotopic (exact) mass is 660 g/mol. The molecule has 11 aromatic rings. The van der Waals surface area contributed by atoms with E-state index in [0.29, 0.717) is 0 Å². The Labute approximate surface area is 301 Å². The van der Waals surface area contributed by atoms with Gasteiger partial charge in [-0.1, -0.05) is 127 Å². The van der Waals surface area contributed by atoms with Crippen LogP contribution in [0.25, 0.3) is 98.8 Å². The molecule has 0 aliphatic rings. The maximum atomic E-state index is 2.40. The Morgan fingerprint density at radius 3 is 1.56 bits per heavy atom. The van der Waals surface area contributed by atoms with Crippen LogP contribution in [-0.2, 0) is 0 Å². The van der Waals surface area contributed by atoms with Crippen LogP contribution in [0.1, 0.15) is 0 Å². The lowest BCUT2D eigenvalue weighted by molar-refractivity contribution is 1.18. The van der Waals surface area contributed by atoms with Gasteiger partial charge in [0.05, 0.1) is 22.1 Å². The number of aromatic nitrogens is 2. The van der Waals surface area contributed by atoms with Gasteiger partial charge in [0.15, 0.2) is 0 Å². The van der Waals surface area contributed by atoms with E-state index in [2.05, 4.69) is 203 Å². The number of benzene rings is 9. The van der Waals surface area contributed by atoms with Gasteiger partial charge in [0, 0.05) is 32.9 Å². The third kappa shape index (κ3) is 4.31. The van der Waals surface area contributed by atoms with Crippen LogP contribution in [0.5, 0.6) is 0 Å². The highest BCUT2D eigenvalue weighted by atomic mass is 15.0. The molecule has 0 aliphatic carbocycles. The van der Waals surface area contributed by atoms with Crippen LogP contribution in [-0.4, -0.2) is 9.13 Å². The lowest BCUT2D eigenvalue weighted by atomic mass is 9.93. The second kappa shape index (κ2) is 11.3. The van der Waals surface area contributed by atoms with E-state index >= 15 is 0 Å². The first-order valence-corrected chi connectivity index (χ1v) is 17.9. The van der Waals surface area contributed by atoms with Gasteiger partial charge in [0.1, 0.15) is 0 Å². The minimum absolute atomic E-state index is 1.18. The average Bonchev–Trinajstić information content (AvgIpc) is 3.73. The van der Waals surface area contributed by atoms with E-state index in [1.165, 1.54) is 98.8 Å². The van der Waals surface area contributed by atoms with Gasteiger partial charge >= 0.3 is 0 Å². The molecule has 242 valence electrons. The topological polar surface area (TPSA) is 9.86 Å². The molecule has 0 spiro atoms. The van der Waals surface area contributed by atoms with Gasteiger partial charge in [-0.25, -0.2) is 0 Å². The molecule has 0 radical (unpaired) electrons. The zero-order valence-electron chi connectivity index (χ0n) is 28.4. The van der Waals surface area contributed by atoms with Crippen LogP contribution < -0.4 is 0 Å². The molecule has 0 bridgehead atoms. The molecule has 9 aromatic carbocycles. The summed E-state index contributed by atoms with van der Waals surface area (Å²) in [4.78, 5) is 0. The molecular formula is C50H32N2. The summed E-state index contributed by atoms with van der Waals surface area (Å²) in [7, 11) is 0. The molecule has 0 saturated carbocycles. The molecule has 0 unspecified atom stereocenters. The van der Waals surface area contributed by atoms with Crippen LogP contribution in [0, 0.1) is 0 Å². The minimum Gasteiger partial charge on any atom is -0.309 e. The molecule has 2 heteroatoms. The van der Waals surface area contributed by atoms with Gasteiger partial charge in [-0.15, -0.1) is 0 Å². The van der Waals surface area contributed by atoms with Crippen molar-refractivity contribution in [1.82, 2.24) is 9.13 Å².